The van der Waals surface area contributed by atoms with Crippen molar-refractivity contribution in [2.24, 2.45) is 17.8 Å². The maximum absolute atomic E-state index is 12.5. The summed E-state index contributed by atoms with van der Waals surface area (Å²) in [6.45, 7) is 0.807. The molecule has 0 aliphatic heterocycles. The van der Waals surface area contributed by atoms with Gasteiger partial charge >= 0.3 is 0 Å². The fourth-order valence-electron chi connectivity index (χ4n) is 4.07. The monoisotopic (exact) mass is 287 g/mol. The Kier molecular flexibility index (Phi) is 3.79. The first kappa shape index (κ1) is 14.2. The molecule has 3 N–H and O–H groups in total. The van der Waals surface area contributed by atoms with E-state index in [-0.39, 0.29) is 5.91 Å². The molecule has 0 saturated heterocycles. The summed E-state index contributed by atoms with van der Waals surface area (Å²) in [7, 11) is 3.89. The highest BCUT2D eigenvalue weighted by molar-refractivity contribution is 6.00. The number of anilines is 2. The maximum Gasteiger partial charge on any atom is 0.253 e. The van der Waals surface area contributed by atoms with Gasteiger partial charge in [-0.25, -0.2) is 0 Å². The van der Waals surface area contributed by atoms with E-state index in [1.165, 1.54) is 25.7 Å². The van der Waals surface area contributed by atoms with Gasteiger partial charge in [0.05, 0.1) is 5.56 Å². The number of nitrogens with two attached hydrogens (primary N) is 1. The summed E-state index contributed by atoms with van der Waals surface area (Å²) in [5.74, 6) is 2.43. The average molecular weight is 287 g/mol. The number of fused-ring (bicyclic) bond motifs is 2. The minimum absolute atomic E-state index is 0.00577. The van der Waals surface area contributed by atoms with Crippen molar-refractivity contribution >= 4 is 17.3 Å². The third kappa shape index (κ3) is 2.85. The van der Waals surface area contributed by atoms with Crippen LogP contribution in [0.15, 0.2) is 18.2 Å². The summed E-state index contributed by atoms with van der Waals surface area (Å²) in [5, 5.41) is 3.13. The molecule has 0 aromatic heterocycles. The van der Waals surface area contributed by atoms with Crippen molar-refractivity contribution in [3.8, 4) is 0 Å². The first-order chi connectivity index (χ1) is 10.0. The first-order valence-corrected chi connectivity index (χ1v) is 7.89. The molecule has 1 amide bonds. The lowest BCUT2D eigenvalue weighted by Crippen LogP contribution is -2.32. The quantitative estimate of drug-likeness (QED) is 0.837. The first-order valence-electron chi connectivity index (χ1n) is 7.89. The third-order valence-electron chi connectivity index (χ3n) is 5.16. The maximum atomic E-state index is 12.5. The molecule has 0 heterocycles. The molecule has 1 aromatic carbocycles. The average Bonchev–Trinajstić information content (AvgIpc) is 3.06. The standard InChI is InChI=1S/C17H25N3O/c1-20(2)16-6-5-14(18)9-15(16)17(21)19-10-13-8-11-3-4-12(13)7-11/h5-6,9,11-13H,3-4,7-8,10,18H2,1-2H3,(H,19,21). The summed E-state index contributed by atoms with van der Waals surface area (Å²) >= 11 is 0. The molecule has 0 radical (unpaired) electrons. The minimum Gasteiger partial charge on any atom is -0.399 e. The zero-order valence-electron chi connectivity index (χ0n) is 12.9. The van der Waals surface area contributed by atoms with Gasteiger partial charge in [-0.15, -0.1) is 0 Å². The Labute approximate surface area is 126 Å². The molecule has 2 saturated carbocycles. The van der Waals surface area contributed by atoms with Gasteiger partial charge in [-0.2, -0.15) is 0 Å². The zero-order valence-corrected chi connectivity index (χ0v) is 12.9. The number of carbonyl (C=O) groups is 1. The number of nitrogen functional groups attached to an aromatic ring is 1. The van der Waals surface area contributed by atoms with E-state index in [1.807, 2.05) is 31.1 Å². The Morgan fingerprint density at radius 1 is 1.33 bits per heavy atom. The normalized spacial score (nSPS) is 26.9. The van der Waals surface area contributed by atoms with Crippen LogP contribution in [0.1, 0.15) is 36.0 Å². The number of benzene rings is 1. The van der Waals surface area contributed by atoms with Crippen LogP contribution in [0.4, 0.5) is 11.4 Å². The Morgan fingerprint density at radius 3 is 2.76 bits per heavy atom. The molecule has 4 nitrogen and oxygen atoms in total. The molecular formula is C17H25N3O. The van der Waals surface area contributed by atoms with Crippen LogP contribution in [-0.4, -0.2) is 26.5 Å². The topological polar surface area (TPSA) is 58.4 Å². The van der Waals surface area contributed by atoms with E-state index in [0.717, 1.165) is 24.1 Å². The number of rotatable bonds is 4. The van der Waals surface area contributed by atoms with Gasteiger partial charge in [-0.1, -0.05) is 6.42 Å². The predicted octanol–water partition coefficient (Wildman–Crippen LogP) is 2.50. The fraction of sp³-hybridized carbons (Fsp3) is 0.588. The lowest BCUT2D eigenvalue weighted by atomic mass is 9.89. The summed E-state index contributed by atoms with van der Waals surface area (Å²) < 4.78 is 0. The summed E-state index contributed by atoms with van der Waals surface area (Å²) in [6, 6.07) is 5.51. The molecule has 2 bridgehead atoms. The van der Waals surface area contributed by atoms with Gasteiger partial charge in [0, 0.05) is 32.0 Å². The summed E-state index contributed by atoms with van der Waals surface area (Å²) in [5.41, 5.74) is 8.05. The van der Waals surface area contributed by atoms with Crippen LogP contribution in [0, 0.1) is 17.8 Å². The van der Waals surface area contributed by atoms with Gasteiger partial charge in [0.15, 0.2) is 0 Å². The van der Waals surface area contributed by atoms with Gasteiger partial charge in [0.25, 0.3) is 5.91 Å². The van der Waals surface area contributed by atoms with Crippen LogP contribution in [0.25, 0.3) is 0 Å². The second-order valence-electron chi connectivity index (χ2n) is 6.82. The van der Waals surface area contributed by atoms with Crippen molar-refractivity contribution in [3.63, 3.8) is 0 Å². The van der Waals surface area contributed by atoms with Gasteiger partial charge in [0.1, 0.15) is 0 Å². The highest BCUT2D eigenvalue weighted by Gasteiger charge is 2.39. The molecule has 3 unspecified atom stereocenters. The molecule has 3 atom stereocenters. The highest BCUT2D eigenvalue weighted by atomic mass is 16.1. The van der Waals surface area contributed by atoms with Crippen molar-refractivity contribution < 1.29 is 4.79 Å². The van der Waals surface area contributed by atoms with Gasteiger partial charge in [0.2, 0.25) is 0 Å². The van der Waals surface area contributed by atoms with E-state index in [2.05, 4.69) is 5.32 Å². The van der Waals surface area contributed by atoms with Crippen molar-refractivity contribution in [1.29, 1.82) is 0 Å². The molecule has 21 heavy (non-hydrogen) atoms. The lowest BCUT2D eigenvalue weighted by Gasteiger charge is -2.23. The molecule has 1 aromatic rings. The molecule has 114 valence electrons. The lowest BCUT2D eigenvalue weighted by molar-refractivity contribution is 0.0942. The van der Waals surface area contributed by atoms with Crippen LogP contribution in [0.3, 0.4) is 0 Å². The highest BCUT2D eigenvalue weighted by Crippen LogP contribution is 2.47. The van der Waals surface area contributed by atoms with Crippen LogP contribution >= 0.6 is 0 Å². The number of nitrogens with one attached hydrogen (secondary N) is 1. The van der Waals surface area contributed by atoms with E-state index in [0.29, 0.717) is 17.2 Å². The smallest absolute Gasteiger partial charge is 0.253 e. The SMILES string of the molecule is CN(C)c1ccc(N)cc1C(=O)NCC1CC2CCC1C2. The summed E-state index contributed by atoms with van der Waals surface area (Å²) in [6.07, 6.45) is 5.42. The Hall–Kier alpha value is -1.71. The van der Waals surface area contributed by atoms with E-state index in [4.69, 9.17) is 5.73 Å². The molecule has 2 aliphatic rings. The fourth-order valence-corrected chi connectivity index (χ4v) is 4.07. The summed E-state index contributed by atoms with van der Waals surface area (Å²) in [4.78, 5) is 14.4. The molecular weight excluding hydrogens is 262 g/mol. The molecule has 2 aliphatic carbocycles. The second kappa shape index (κ2) is 5.58. The van der Waals surface area contributed by atoms with E-state index in [1.54, 1.807) is 6.07 Å². The molecule has 0 spiro atoms. The second-order valence-corrected chi connectivity index (χ2v) is 6.82. The molecule has 2 fully saturated rings. The third-order valence-corrected chi connectivity index (χ3v) is 5.16. The van der Waals surface area contributed by atoms with Gasteiger partial charge in [-0.05, 0) is 55.2 Å². The predicted molar refractivity (Wildman–Crippen MR) is 86.5 cm³/mol. The van der Waals surface area contributed by atoms with Crippen molar-refractivity contribution in [2.45, 2.75) is 25.7 Å². The Balaban J connectivity index is 1.66. The Morgan fingerprint density at radius 2 is 2.14 bits per heavy atom. The zero-order chi connectivity index (χ0) is 15.0. The van der Waals surface area contributed by atoms with Crippen molar-refractivity contribution in [3.05, 3.63) is 23.8 Å². The molecule has 4 heteroatoms. The Bertz CT molecular complexity index is 541. The number of amides is 1. The number of carbonyl (C=O) groups excluding carboxylic acids is 1. The number of hydrogen-bond donors (Lipinski definition) is 2. The van der Waals surface area contributed by atoms with Gasteiger partial charge < -0.3 is 16.0 Å². The van der Waals surface area contributed by atoms with Crippen molar-refractivity contribution in [2.75, 3.05) is 31.3 Å². The van der Waals surface area contributed by atoms with Crippen LogP contribution < -0.4 is 16.0 Å². The van der Waals surface area contributed by atoms with E-state index < -0.39 is 0 Å². The van der Waals surface area contributed by atoms with E-state index in [9.17, 15) is 4.79 Å². The largest absolute Gasteiger partial charge is 0.399 e. The number of hydrogen-bond acceptors (Lipinski definition) is 3. The number of nitrogens with zero attached hydrogens (tertiary/aromatic N) is 1. The van der Waals surface area contributed by atoms with Gasteiger partial charge in [-0.3, -0.25) is 4.79 Å². The van der Waals surface area contributed by atoms with E-state index >= 15 is 0 Å². The minimum atomic E-state index is -0.00577. The van der Waals surface area contributed by atoms with Crippen LogP contribution in [0.5, 0.6) is 0 Å². The van der Waals surface area contributed by atoms with Crippen molar-refractivity contribution in [1.82, 2.24) is 5.32 Å². The van der Waals surface area contributed by atoms with Crippen LogP contribution in [-0.2, 0) is 0 Å². The molecule has 3 rings (SSSR count). The van der Waals surface area contributed by atoms with Crippen LogP contribution in [0.2, 0.25) is 0 Å².